The van der Waals surface area contributed by atoms with Gasteiger partial charge in [0, 0.05) is 4.91 Å². The van der Waals surface area contributed by atoms with Gasteiger partial charge in [0.05, 0.1) is 0 Å². The van der Waals surface area contributed by atoms with Gasteiger partial charge in [-0.05, 0) is 17.4 Å². The third kappa shape index (κ3) is 1.49. The van der Waals surface area contributed by atoms with Crippen LogP contribution in [-0.4, -0.2) is 5.75 Å². The Morgan fingerprint density at radius 3 is 2.89 bits per heavy atom. The molecule has 1 aliphatic carbocycles. The molecule has 0 fully saturated rings. The standard InChI is InChI=1S/C8H10S/c1-3-9-8-6-4-5-7(8)2/h4-6H,2-3H2,1H3. The Kier molecular flexibility index (Phi) is 2.17. The summed E-state index contributed by atoms with van der Waals surface area (Å²) >= 11 is 1.85. The fourth-order valence-electron chi connectivity index (χ4n) is 0.737. The third-order valence-corrected chi connectivity index (χ3v) is 2.16. The van der Waals surface area contributed by atoms with Crippen molar-refractivity contribution in [2.45, 2.75) is 6.92 Å². The Hall–Kier alpha value is -0.430. The van der Waals surface area contributed by atoms with Crippen LogP contribution >= 0.6 is 11.8 Å². The number of hydrogen-bond acceptors (Lipinski definition) is 1. The maximum Gasteiger partial charge on any atom is 0.0138 e. The highest BCUT2D eigenvalue weighted by Crippen LogP contribution is 2.27. The molecule has 0 saturated carbocycles. The van der Waals surface area contributed by atoms with E-state index in [4.69, 9.17) is 0 Å². The number of hydrogen-bond donors (Lipinski definition) is 0. The molecule has 0 atom stereocenters. The maximum atomic E-state index is 3.88. The van der Waals surface area contributed by atoms with E-state index in [1.54, 1.807) is 0 Å². The SMILES string of the molecule is C=C1C=CC=C1SCC. The van der Waals surface area contributed by atoms with Gasteiger partial charge < -0.3 is 0 Å². The first-order chi connectivity index (χ1) is 4.34. The van der Waals surface area contributed by atoms with Crippen molar-refractivity contribution in [1.82, 2.24) is 0 Å². The minimum atomic E-state index is 1.13. The van der Waals surface area contributed by atoms with Gasteiger partial charge in [-0.2, -0.15) is 0 Å². The molecule has 0 saturated heterocycles. The summed E-state index contributed by atoms with van der Waals surface area (Å²) < 4.78 is 0. The lowest BCUT2D eigenvalue weighted by Crippen LogP contribution is -1.74. The highest BCUT2D eigenvalue weighted by Gasteiger charge is 2.01. The second kappa shape index (κ2) is 2.92. The molecule has 0 aromatic heterocycles. The van der Waals surface area contributed by atoms with Crippen molar-refractivity contribution >= 4 is 11.8 Å². The van der Waals surface area contributed by atoms with Crippen LogP contribution in [0.2, 0.25) is 0 Å². The highest BCUT2D eigenvalue weighted by molar-refractivity contribution is 8.03. The van der Waals surface area contributed by atoms with Crippen LogP contribution in [0.4, 0.5) is 0 Å². The van der Waals surface area contributed by atoms with Crippen molar-refractivity contribution in [3.05, 3.63) is 35.3 Å². The van der Waals surface area contributed by atoms with Gasteiger partial charge in [0.1, 0.15) is 0 Å². The van der Waals surface area contributed by atoms with E-state index in [0.29, 0.717) is 0 Å². The second-order valence-corrected chi connectivity index (χ2v) is 3.15. The van der Waals surface area contributed by atoms with Gasteiger partial charge in [0.15, 0.2) is 0 Å². The Balaban J connectivity index is 2.54. The molecule has 0 N–H and O–H groups in total. The van der Waals surface area contributed by atoms with E-state index in [9.17, 15) is 0 Å². The Labute approximate surface area is 60.3 Å². The molecule has 0 unspecified atom stereocenters. The summed E-state index contributed by atoms with van der Waals surface area (Å²) in [5.41, 5.74) is 1.15. The predicted octanol–water partition coefficient (Wildman–Crippen LogP) is 2.75. The summed E-state index contributed by atoms with van der Waals surface area (Å²) in [5, 5.41) is 0. The van der Waals surface area contributed by atoms with Crippen LogP contribution in [0.5, 0.6) is 0 Å². The van der Waals surface area contributed by atoms with E-state index in [0.717, 1.165) is 11.3 Å². The van der Waals surface area contributed by atoms with Crippen molar-refractivity contribution in [3.8, 4) is 0 Å². The van der Waals surface area contributed by atoms with Gasteiger partial charge in [-0.15, -0.1) is 11.8 Å². The first-order valence-electron chi connectivity index (χ1n) is 3.05. The molecule has 48 valence electrons. The van der Waals surface area contributed by atoms with E-state index >= 15 is 0 Å². The van der Waals surface area contributed by atoms with Gasteiger partial charge in [0.2, 0.25) is 0 Å². The molecule has 0 nitrogen and oxygen atoms in total. The zero-order valence-corrected chi connectivity index (χ0v) is 6.37. The van der Waals surface area contributed by atoms with Crippen molar-refractivity contribution in [2.75, 3.05) is 5.75 Å². The molecule has 0 spiro atoms. The van der Waals surface area contributed by atoms with Gasteiger partial charge in [0.25, 0.3) is 0 Å². The van der Waals surface area contributed by atoms with Crippen LogP contribution in [0.3, 0.4) is 0 Å². The van der Waals surface area contributed by atoms with E-state index in [2.05, 4.69) is 19.6 Å². The van der Waals surface area contributed by atoms with Gasteiger partial charge >= 0.3 is 0 Å². The normalized spacial score (nSPS) is 16.6. The number of rotatable bonds is 2. The Morgan fingerprint density at radius 1 is 1.67 bits per heavy atom. The van der Waals surface area contributed by atoms with Crippen molar-refractivity contribution in [3.63, 3.8) is 0 Å². The van der Waals surface area contributed by atoms with Gasteiger partial charge in [-0.1, -0.05) is 25.7 Å². The lowest BCUT2D eigenvalue weighted by Gasteiger charge is -1.97. The third-order valence-electron chi connectivity index (χ3n) is 1.16. The molecule has 0 bridgehead atoms. The Bertz CT molecular complexity index is 175. The molecular weight excluding hydrogens is 128 g/mol. The molecule has 1 aliphatic rings. The summed E-state index contributed by atoms with van der Waals surface area (Å²) in [7, 11) is 0. The molecule has 9 heavy (non-hydrogen) atoms. The fourth-order valence-corrected chi connectivity index (χ4v) is 1.48. The maximum absolute atomic E-state index is 3.88. The number of thioether (sulfide) groups is 1. The van der Waals surface area contributed by atoms with Crippen LogP contribution in [0, 0.1) is 0 Å². The van der Waals surface area contributed by atoms with E-state index in [-0.39, 0.29) is 0 Å². The molecule has 0 heterocycles. The first-order valence-corrected chi connectivity index (χ1v) is 4.03. The molecule has 0 radical (unpaired) electrons. The lowest BCUT2D eigenvalue weighted by molar-refractivity contribution is 1.53. The molecule has 1 rings (SSSR count). The minimum Gasteiger partial charge on any atom is -0.126 e. The monoisotopic (exact) mass is 138 g/mol. The topological polar surface area (TPSA) is 0 Å². The summed E-state index contributed by atoms with van der Waals surface area (Å²) in [5.74, 6) is 1.13. The van der Waals surface area contributed by atoms with Crippen LogP contribution < -0.4 is 0 Å². The van der Waals surface area contributed by atoms with Crippen LogP contribution in [0.15, 0.2) is 35.3 Å². The molecule has 0 aromatic carbocycles. The minimum absolute atomic E-state index is 1.13. The number of allylic oxidation sites excluding steroid dienone is 4. The molecule has 0 aromatic rings. The zero-order valence-electron chi connectivity index (χ0n) is 5.55. The van der Waals surface area contributed by atoms with Crippen molar-refractivity contribution in [2.24, 2.45) is 0 Å². The van der Waals surface area contributed by atoms with Crippen molar-refractivity contribution < 1.29 is 0 Å². The van der Waals surface area contributed by atoms with Crippen molar-refractivity contribution in [1.29, 1.82) is 0 Å². The average Bonchev–Trinajstić information content (AvgIpc) is 2.18. The van der Waals surface area contributed by atoms with Crippen LogP contribution in [-0.2, 0) is 0 Å². The average molecular weight is 138 g/mol. The van der Waals surface area contributed by atoms with Crippen LogP contribution in [0.1, 0.15) is 6.92 Å². The predicted molar refractivity (Wildman–Crippen MR) is 44.5 cm³/mol. The Morgan fingerprint density at radius 2 is 2.44 bits per heavy atom. The second-order valence-electron chi connectivity index (χ2n) is 1.85. The highest BCUT2D eigenvalue weighted by atomic mass is 32.2. The van der Waals surface area contributed by atoms with Crippen LogP contribution in [0.25, 0.3) is 0 Å². The first kappa shape index (κ1) is 6.69. The molecule has 0 amide bonds. The summed E-state index contributed by atoms with van der Waals surface area (Å²) in [6.07, 6.45) is 6.19. The van der Waals surface area contributed by atoms with E-state index in [1.807, 2.05) is 23.9 Å². The molecule has 1 heteroatoms. The lowest BCUT2D eigenvalue weighted by atomic mass is 10.3. The fraction of sp³-hybridized carbons (Fsp3) is 0.250. The van der Waals surface area contributed by atoms with E-state index < -0.39 is 0 Å². The summed E-state index contributed by atoms with van der Waals surface area (Å²) in [6.45, 7) is 6.03. The smallest absolute Gasteiger partial charge is 0.0138 e. The quantitative estimate of drug-likeness (QED) is 0.565. The molecular formula is C8H10S. The van der Waals surface area contributed by atoms with E-state index in [1.165, 1.54) is 4.91 Å². The zero-order chi connectivity index (χ0) is 6.69. The molecule has 0 aliphatic heterocycles. The van der Waals surface area contributed by atoms with Gasteiger partial charge in [-0.3, -0.25) is 0 Å². The summed E-state index contributed by atoms with van der Waals surface area (Å²) in [4.78, 5) is 1.32. The largest absolute Gasteiger partial charge is 0.126 e. The summed E-state index contributed by atoms with van der Waals surface area (Å²) in [6, 6.07) is 0. The van der Waals surface area contributed by atoms with Gasteiger partial charge in [-0.25, -0.2) is 0 Å².